The molecule has 1 aromatic carbocycles. The Balaban J connectivity index is 1.81. The van der Waals surface area contributed by atoms with E-state index in [1.54, 1.807) is 0 Å². The summed E-state index contributed by atoms with van der Waals surface area (Å²) < 4.78 is 2.07. The average molecular weight is 411 g/mol. The molecule has 2 unspecified atom stereocenters. The van der Waals surface area contributed by atoms with E-state index in [2.05, 4.69) is 61.4 Å². The molecule has 5 heteroatoms. The molecule has 4 rings (SSSR count). The lowest BCUT2D eigenvalue weighted by atomic mass is 9.86. The van der Waals surface area contributed by atoms with Gasteiger partial charge < -0.3 is 4.90 Å². The second kappa shape index (κ2) is 8.35. The van der Waals surface area contributed by atoms with Gasteiger partial charge in [0.25, 0.3) is 0 Å². The fourth-order valence-corrected chi connectivity index (χ4v) is 4.87. The van der Waals surface area contributed by atoms with Crippen LogP contribution in [0.4, 0.5) is 5.82 Å². The summed E-state index contributed by atoms with van der Waals surface area (Å²) in [5.74, 6) is 1.82. The van der Waals surface area contributed by atoms with Gasteiger partial charge in [0.2, 0.25) is 0 Å². The minimum absolute atomic E-state index is 0.213. The number of piperidine rings is 1. The lowest BCUT2D eigenvalue weighted by molar-refractivity contribution is 0.443. The van der Waals surface area contributed by atoms with E-state index >= 15 is 0 Å². The Morgan fingerprint density at radius 2 is 1.90 bits per heavy atom. The van der Waals surface area contributed by atoms with E-state index in [1.807, 2.05) is 12.1 Å². The van der Waals surface area contributed by atoms with Crippen LogP contribution in [0, 0.1) is 12.8 Å². The predicted molar refractivity (Wildman–Crippen MR) is 121 cm³/mol. The van der Waals surface area contributed by atoms with E-state index in [4.69, 9.17) is 21.7 Å². The van der Waals surface area contributed by atoms with Gasteiger partial charge in [0, 0.05) is 41.4 Å². The largest absolute Gasteiger partial charge is 0.353 e. The lowest BCUT2D eigenvalue weighted by Crippen LogP contribution is -2.40. The smallest absolute Gasteiger partial charge is 0.157 e. The molecule has 1 aliphatic rings. The molecule has 1 saturated heterocycles. The quantitative estimate of drug-likeness (QED) is 0.498. The first-order valence-corrected chi connectivity index (χ1v) is 11.2. The molecular weight excluding hydrogens is 380 g/mol. The Hall–Kier alpha value is -2.07. The Morgan fingerprint density at radius 3 is 2.59 bits per heavy atom. The van der Waals surface area contributed by atoms with Crippen molar-refractivity contribution in [3.05, 3.63) is 58.4 Å². The third-order valence-electron chi connectivity index (χ3n) is 6.16. The molecule has 4 nitrogen and oxygen atoms in total. The topological polar surface area (TPSA) is 33.4 Å². The maximum absolute atomic E-state index is 6.12. The zero-order valence-electron chi connectivity index (χ0n) is 17.9. The molecule has 2 aromatic heterocycles. The zero-order valence-corrected chi connectivity index (χ0v) is 18.7. The molecule has 2 atom stereocenters. The number of rotatable bonds is 5. The van der Waals surface area contributed by atoms with Gasteiger partial charge in [-0.25, -0.2) is 4.98 Å². The predicted octanol–water partition coefficient (Wildman–Crippen LogP) is 6.25. The van der Waals surface area contributed by atoms with Gasteiger partial charge in [0.05, 0.1) is 5.69 Å². The second-order valence-electron chi connectivity index (χ2n) is 8.62. The van der Waals surface area contributed by atoms with Gasteiger partial charge in [-0.15, -0.1) is 0 Å². The summed E-state index contributed by atoms with van der Waals surface area (Å²) in [6.45, 7) is 9.97. The van der Waals surface area contributed by atoms with Gasteiger partial charge in [-0.05, 0) is 56.2 Å². The van der Waals surface area contributed by atoms with Gasteiger partial charge in [0.15, 0.2) is 5.65 Å². The van der Waals surface area contributed by atoms with Crippen molar-refractivity contribution < 1.29 is 0 Å². The number of hydrogen-bond donors (Lipinski definition) is 0. The SMILES string of the molecule is CCC1CCCCN1c1cc(C)nc2cc(C(c3ccc(Cl)cc3)C(C)C)nn12. The van der Waals surface area contributed by atoms with E-state index < -0.39 is 0 Å². The van der Waals surface area contributed by atoms with Crippen LogP contribution in [0.1, 0.15) is 69.3 Å². The van der Waals surface area contributed by atoms with Crippen molar-refractivity contribution >= 4 is 23.1 Å². The van der Waals surface area contributed by atoms with Crippen molar-refractivity contribution in [2.75, 3.05) is 11.4 Å². The Bertz CT molecular complexity index is 976. The molecule has 0 radical (unpaired) electrons. The summed E-state index contributed by atoms with van der Waals surface area (Å²) in [5.41, 5.74) is 4.31. The van der Waals surface area contributed by atoms with E-state index in [1.165, 1.54) is 30.6 Å². The molecule has 0 bridgehead atoms. The van der Waals surface area contributed by atoms with Crippen molar-refractivity contribution in [2.24, 2.45) is 5.92 Å². The maximum Gasteiger partial charge on any atom is 0.157 e. The van der Waals surface area contributed by atoms with Crippen LogP contribution in [0.2, 0.25) is 5.02 Å². The highest BCUT2D eigenvalue weighted by Crippen LogP contribution is 2.34. The fourth-order valence-electron chi connectivity index (χ4n) is 4.75. The fraction of sp³-hybridized carbons (Fsp3) is 0.500. The molecule has 1 fully saturated rings. The summed E-state index contributed by atoms with van der Waals surface area (Å²) in [4.78, 5) is 7.36. The highest BCUT2D eigenvalue weighted by atomic mass is 35.5. The van der Waals surface area contributed by atoms with Crippen molar-refractivity contribution in [3.63, 3.8) is 0 Å². The monoisotopic (exact) mass is 410 g/mol. The number of fused-ring (bicyclic) bond motifs is 1. The Morgan fingerprint density at radius 1 is 1.14 bits per heavy atom. The number of anilines is 1. The molecule has 0 spiro atoms. The van der Waals surface area contributed by atoms with Crippen LogP contribution in [0.15, 0.2) is 36.4 Å². The van der Waals surface area contributed by atoms with E-state index in [0.717, 1.165) is 35.0 Å². The van der Waals surface area contributed by atoms with Crippen LogP contribution >= 0.6 is 11.6 Å². The number of hydrogen-bond acceptors (Lipinski definition) is 3. The van der Waals surface area contributed by atoms with Crippen LogP contribution in [0.5, 0.6) is 0 Å². The molecule has 1 aliphatic heterocycles. The number of halogens is 1. The minimum atomic E-state index is 0.213. The number of aryl methyl sites for hydroxylation is 1. The van der Waals surface area contributed by atoms with Crippen LogP contribution in [0.25, 0.3) is 5.65 Å². The van der Waals surface area contributed by atoms with Crippen molar-refractivity contribution in [1.29, 1.82) is 0 Å². The maximum atomic E-state index is 6.12. The summed E-state index contributed by atoms with van der Waals surface area (Å²) in [5, 5.41) is 5.86. The van der Waals surface area contributed by atoms with Crippen LogP contribution < -0.4 is 4.90 Å². The van der Waals surface area contributed by atoms with Crippen LogP contribution in [0.3, 0.4) is 0 Å². The molecule has 154 valence electrons. The van der Waals surface area contributed by atoms with Crippen LogP contribution in [-0.2, 0) is 0 Å². The average Bonchev–Trinajstić information content (AvgIpc) is 3.11. The molecule has 0 amide bonds. The number of nitrogens with zero attached hydrogens (tertiary/aromatic N) is 4. The molecule has 3 heterocycles. The first-order chi connectivity index (χ1) is 14.0. The van der Waals surface area contributed by atoms with Gasteiger partial charge in [0.1, 0.15) is 5.82 Å². The third kappa shape index (κ3) is 4.00. The number of aromatic nitrogens is 3. The van der Waals surface area contributed by atoms with Gasteiger partial charge in [-0.3, -0.25) is 0 Å². The molecule has 3 aromatic rings. The number of benzene rings is 1. The Labute approximate surface area is 178 Å². The summed E-state index contributed by atoms with van der Waals surface area (Å²) in [6, 6.07) is 13.1. The minimum Gasteiger partial charge on any atom is -0.353 e. The lowest BCUT2D eigenvalue weighted by Gasteiger charge is -2.37. The van der Waals surface area contributed by atoms with Gasteiger partial charge >= 0.3 is 0 Å². The summed E-state index contributed by atoms with van der Waals surface area (Å²) >= 11 is 6.12. The summed E-state index contributed by atoms with van der Waals surface area (Å²) in [6.07, 6.45) is 4.98. The molecule has 0 saturated carbocycles. The van der Waals surface area contributed by atoms with Gasteiger partial charge in [-0.1, -0.05) is 44.5 Å². The van der Waals surface area contributed by atoms with Gasteiger partial charge in [-0.2, -0.15) is 9.61 Å². The highest BCUT2D eigenvalue weighted by molar-refractivity contribution is 6.30. The molecular formula is C24H31ClN4. The van der Waals surface area contributed by atoms with Crippen molar-refractivity contribution in [3.8, 4) is 0 Å². The molecule has 29 heavy (non-hydrogen) atoms. The normalized spacial score (nSPS) is 18.6. The third-order valence-corrected chi connectivity index (χ3v) is 6.41. The van der Waals surface area contributed by atoms with Crippen molar-refractivity contribution in [2.45, 2.75) is 65.3 Å². The van der Waals surface area contributed by atoms with E-state index in [0.29, 0.717) is 12.0 Å². The summed E-state index contributed by atoms with van der Waals surface area (Å²) in [7, 11) is 0. The Kier molecular flexibility index (Phi) is 5.82. The van der Waals surface area contributed by atoms with E-state index in [-0.39, 0.29) is 5.92 Å². The molecule has 0 aliphatic carbocycles. The first kappa shape index (κ1) is 20.2. The van der Waals surface area contributed by atoms with Crippen LogP contribution in [-0.4, -0.2) is 27.2 Å². The highest BCUT2D eigenvalue weighted by Gasteiger charge is 2.26. The van der Waals surface area contributed by atoms with Crippen molar-refractivity contribution in [1.82, 2.24) is 14.6 Å². The first-order valence-electron chi connectivity index (χ1n) is 10.9. The van der Waals surface area contributed by atoms with E-state index in [9.17, 15) is 0 Å². The molecule has 0 N–H and O–H groups in total. The second-order valence-corrected chi connectivity index (χ2v) is 9.06. The standard InChI is InChI=1S/C24H31ClN4/c1-5-20-8-6-7-13-28(20)23-14-17(4)26-22-15-21(27-29(22)23)24(16(2)3)18-9-11-19(25)12-10-18/h9-12,14-16,20,24H,5-8,13H2,1-4H3. The zero-order chi connectivity index (χ0) is 20.5.